The molecule has 0 N–H and O–H groups in total. The van der Waals surface area contributed by atoms with Gasteiger partial charge in [0.2, 0.25) is 11.3 Å². The summed E-state index contributed by atoms with van der Waals surface area (Å²) in [5, 5.41) is 4.87. The molecule has 10 rings (SSSR count). The van der Waals surface area contributed by atoms with E-state index in [0.29, 0.717) is 10.0 Å². The Kier molecular flexibility index (Phi) is 8.32. The highest BCUT2D eigenvalue weighted by Gasteiger charge is 2.61. The van der Waals surface area contributed by atoms with Crippen LogP contribution in [-0.2, 0) is 11.3 Å². The quantitative estimate of drug-likeness (QED) is 0.155. The Labute approximate surface area is 334 Å². The van der Waals surface area contributed by atoms with Gasteiger partial charge >= 0.3 is 0 Å². The van der Waals surface area contributed by atoms with E-state index >= 15 is 0 Å². The van der Waals surface area contributed by atoms with Crippen LogP contribution in [0.5, 0.6) is 0 Å². The van der Waals surface area contributed by atoms with Crippen molar-refractivity contribution in [3.05, 3.63) is 238 Å². The normalized spacial score (nSPS) is 15.7. The predicted octanol–water partition coefficient (Wildman–Crippen LogP) is 12.3. The molecule has 2 aliphatic rings. The number of benzene rings is 8. The Hall–Kier alpha value is -6.46. The van der Waals surface area contributed by atoms with Gasteiger partial charge in [-0.15, -0.1) is 0 Å². The average molecular weight is 760 g/mol. The fourth-order valence-electron chi connectivity index (χ4n) is 8.16. The third kappa shape index (κ3) is 5.36. The highest BCUT2D eigenvalue weighted by atomic mass is 35.5. The molecule has 0 bridgehead atoms. The summed E-state index contributed by atoms with van der Waals surface area (Å²) in [7, 11) is 0. The van der Waals surface area contributed by atoms with Gasteiger partial charge in [0, 0.05) is 54.2 Å². The first-order chi connectivity index (χ1) is 27.6. The van der Waals surface area contributed by atoms with E-state index in [-0.39, 0.29) is 0 Å². The van der Waals surface area contributed by atoms with Crippen LogP contribution in [0.25, 0.3) is 21.5 Å². The van der Waals surface area contributed by atoms with Crippen LogP contribution in [0.1, 0.15) is 33.4 Å². The molecule has 2 aliphatic heterocycles. The topological polar surface area (TPSA) is 49.4 Å². The number of rotatable bonds is 7. The molecule has 0 atom stereocenters. The molecule has 56 heavy (non-hydrogen) atoms. The molecule has 0 radical (unpaired) electrons. The molecular formula is C50H32Cl2N4. The standard InChI is InChI=1S/C50H32Cl2N4/c51-43-31-29-41(37-25-13-15-27-39(37)43)49(53-45(33-17-5-1-6-18-33)46(54-49)34-19-7-2-8-20-34)50(42-30-32-44(52)40-28-16-14-26-38(40)42)55-47(35-21-9-3-10-22-35)48(56-50)36-23-11-4-12-24-36/h1-32H. The van der Waals surface area contributed by atoms with Gasteiger partial charge < -0.3 is 0 Å². The van der Waals surface area contributed by atoms with Crippen LogP contribution in [0.15, 0.2) is 214 Å². The zero-order chi connectivity index (χ0) is 37.7. The highest BCUT2D eigenvalue weighted by molar-refractivity contribution is 6.56. The van der Waals surface area contributed by atoms with E-state index < -0.39 is 11.3 Å². The second-order valence-electron chi connectivity index (χ2n) is 13.9. The smallest absolute Gasteiger partial charge is 0.227 e. The van der Waals surface area contributed by atoms with Crippen LogP contribution in [-0.4, -0.2) is 22.8 Å². The molecule has 2 heterocycles. The van der Waals surface area contributed by atoms with E-state index in [1.165, 1.54) is 0 Å². The maximum Gasteiger partial charge on any atom is 0.227 e. The molecule has 0 fully saturated rings. The molecule has 266 valence electrons. The first-order valence-electron chi connectivity index (χ1n) is 18.5. The van der Waals surface area contributed by atoms with Crippen molar-refractivity contribution in [3.8, 4) is 0 Å². The predicted molar refractivity (Wildman–Crippen MR) is 233 cm³/mol. The van der Waals surface area contributed by atoms with E-state index in [4.69, 9.17) is 43.2 Å². The van der Waals surface area contributed by atoms with Crippen molar-refractivity contribution in [2.24, 2.45) is 20.0 Å². The first kappa shape index (κ1) is 34.1. The molecule has 6 heteroatoms. The van der Waals surface area contributed by atoms with Crippen molar-refractivity contribution in [3.63, 3.8) is 0 Å². The van der Waals surface area contributed by atoms with Gasteiger partial charge in [-0.1, -0.05) is 205 Å². The van der Waals surface area contributed by atoms with Gasteiger partial charge in [0.05, 0.1) is 22.8 Å². The number of hydrogen-bond donors (Lipinski definition) is 0. The van der Waals surface area contributed by atoms with Crippen molar-refractivity contribution in [1.29, 1.82) is 0 Å². The van der Waals surface area contributed by atoms with E-state index in [2.05, 4.69) is 72.8 Å². The summed E-state index contributed by atoms with van der Waals surface area (Å²) >= 11 is 14.0. The zero-order valence-electron chi connectivity index (χ0n) is 30.0. The summed E-state index contributed by atoms with van der Waals surface area (Å²) in [4.78, 5) is 23.7. The van der Waals surface area contributed by atoms with Gasteiger partial charge in [-0.3, -0.25) is 0 Å². The lowest BCUT2D eigenvalue weighted by Gasteiger charge is -2.39. The Bertz CT molecular complexity index is 2610. The number of aliphatic imine (C=N–C) groups is 4. The Morgan fingerprint density at radius 2 is 0.518 bits per heavy atom. The minimum absolute atomic E-state index is 0.636. The zero-order valence-corrected chi connectivity index (χ0v) is 31.5. The van der Waals surface area contributed by atoms with Crippen LogP contribution >= 0.6 is 23.2 Å². The molecule has 0 aromatic heterocycles. The molecule has 0 aliphatic carbocycles. The van der Waals surface area contributed by atoms with E-state index in [9.17, 15) is 0 Å². The third-order valence-electron chi connectivity index (χ3n) is 10.7. The average Bonchev–Trinajstić information content (AvgIpc) is 3.88. The number of nitrogens with zero attached hydrogens (tertiary/aromatic N) is 4. The Morgan fingerprint density at radius 1 is 0.268 bits per heavy atom. The fraction of sp³-hybridized carbons (Fsp3) is 0.0400. The monoisotopic (exact) mass is 758 g/mol. The van der Waals surface area contributed by atoms with Crippen molar-refractivity contribution >= 4 is 67.6 Å². The van der Waals surface area contributed by atoms with Gasteiger partial charge in [-0.05, 0) is 22.9 Å². The summed E-state index contributed by atoms with van der Waals surface area (Å²) in [6.45, 7) is 0. The van der Waals surface area contributed by atoms with Crippen LogP contribution in [0.3, 0.4) is 0 Å². The van der Waals surface area contributed by atoms with Gasteiger partial charge in [-0.2, -0.15) is 0 Å². The largest absolute Gasteiger partial charge is 0.243 e. The van der Waals surface area contributed by atoms with Gasteiger partial charge in [0.1, 0.15) is 0 Å². The second kappa shape index (κ2) is 13.7. The number of hydrogen-bond acceptors (Lipinski definition) is 4. The first-order valence-corrected chi connectivity index (χ1v) is 19.3. The van der Waals surface area contributed by atoms with Crippen molar-refractivity contribution < 1.29 is 0 Å². The minimum atomic E-state index is -1.50. The van der Waals surface area contributed by atoms with Gasteiger partial charge in [0.15, 0.2) is 0 Å². The Balaban J connectivity index is 1.44. The van der Waals surface area contributed by atoms with Gasteiger partial charge in [-0.25, -0.2) is 20.0 Å². The van der Waals surface area contributed by atoms with Crippen LogP contribution in [0.4, 0.5) is 0 Å². The summed E-state index contributed by atoms with van der Waals surface area (Å²) in [6.07, 6.45) is 0. The fourth-order valence-corrected chi connectivity index (χ4v) is 8.61. The van der Waals surface area contributed by atoms with Crippen molar-refractivity contribution in [1.82, 2.24) is 0 Å². The lowest BCUT2D eigenvalue weighted by molar-refractivity contribution is 0.261. The van der Waals surface area contributed by atoms with Crippen LogP contribution < -0.4 is 0 Å². The molecule has 8 aromatic rings. The van der Waals surface area contributed by atoms with E-state index in [1.54, 1.807) is 0 Å². The van der Waals surface area contributed by atoms with Crippen LogP contribution in [0, 0.1) is 0 Å². The van der Waals surface area contributed by atoms with Gasteiger partial charge in [0.25, 0.3) is 0 Å². The summed E-state index contributed by atoms with van der Waals surface area (Å²) in [5.74, 6) is 0. The molecule has 8 aromatic carbocycles. The molecule has 0 unspecified atom stereocenters. The summed E-state index contributed by atoms with van der Waals surface area (Å²) in [5.41, 5.74) is 5.36. The third-order valence-corrected chi connectivity index (χ3v) is 11.4. The number of fused-ring (bicyclic) bond motifs is 2. The molecular weight excluding hydrogens is 727 g/mol. The SMILES string of the molecule is Clc1ccc(C2(C3(c4ccc(Cl)c5ccccc45)N=C(c4ccccc4)C(c4ccccc4)=N3)N=C(c3ccccc3)C(c3ccccc3)=N2)c2ccccc12. The molecule has 0 spiro atoms. The molecule has 0 amide bonds. The number of halogens is 2. The minimum Gasteiger partial charge on any atom is -0.243 e. The van der Waals surface area contributed by atoms with Crippen molar-refractivity contribution in [2.45, 2.75) is 11.3 Å². The highest BCUT2D eigenvalue weighted by Crippen LogP contribution is 2.57. The summed E-state index contributed by atoms with van der Waals surface area (Å²) < 4.78 is 0. The second-order valence-corrected chi connectivity index (χ2v) is 14.7. The van der Waals surface area contributed by atoms with Crippen molar-refractivity contribution in [2.75, 3.05) is 0 Å². The Morgan fingerprint density at radius 3 is 0.804 bits per heavy atom. The molecule has 0 saturated heterocycles. The van der Waals surface area contributed by atoms with Crippen LogP contribution in [0.2, 0.25) is 10.0 Å². The summed E-state index contributed by atoms with van der Waals surface area (Å²) in [6, 6.07) is 65.4. The lowest BCUT2D eigenvalue weighted by Crippen LogP contribution is -2.43. The molecule has 4 nitrogen and oxygen atoms in total. The van der Waals surface area contributed by atoms with E-state index in [0.717, 1.165) is 77.8 Å². The van der Waals surface area contributed by atoms with E-state index in [1.807, 2.05) is 121 Å². The maximum absolute atomic E-state index is 7.00. The lowest BCUT2D eigenvalue weighted by atomic mass is 9.78. The maximum atomic E-state index is 7.00. The molecule has 0 saturated carbocycles.